The number of halogens is 3. The highest BCUT2D eigenvalue weighted by molar-refractivity contribution is 5.87. The van der Waals surface area contributed by atoms with Crippen LogP contribution in [0.25, 0.3) is 0 Å². The lowest BCUT2D eigenvalue weighted by molar-refractivity contribution is -0.165. The van der Waals surface area contributed by atoms with Gasteiger partial charge < -0.3 is 9.47 Å². The topological polar surface area (TPSA) is 35.5 Å². The molecule has 0 spiro atoms. The summed E-state index contributed by atoms with van der Waals surface area (Å²) in [6.45, 7) is 2.77. The molecule has 0 aromatic carbocycles. The van der Waals surface area contributed by atoms with Gasteiger partial charge in [0, 0.05) is 39.1 Å². The van der Waals surface area contributed by atoms with Crippen LogP contribution in [0.5, 0.6) is 0 Å². The van der Waals surface area contributed by atoms with Crippen LogP contribution in [0.4, 0.5) is 13.2 Å². The number of carbonyl (C=O) groups is 1. The van der Waals surface area contributed by atoms with Gasteiger partial charge in [0.2, 0.25) is 0 Å². The Morgan fingerprint density at radius 2 is 1.94 bits per heavy atom. The molecule has 0 unspecified atom stereocenters. The predicted molar refractivity (Wildman–Crippen MR) is 54.7 cm³/mol. The van der Waals surface area contributed by atoms with Crippen molar-refractivity contribution in [2.75, 3.05) is 19.8 Å². The van der Waals surface area contributed by atoms with E-state index in [-0.39, 0.29) is 0 Å². The van der Waals surface area contributed by atoms with Crippen LogP contribution in [0.1, 0.15) is 32.6 Å². The number of carbonyl (C=O) groups excluding carboxylic acids is 1. The van der Waals surface area contributed by atoms with Crippen molar-refractivity contribution in [1.29, 1.82) is 0 Å². The van der Waals surface area contributed by atoms with E-state index >= 15 is 0 Å². The maximum Gasteiger partial charge on any atom is 0.389 e. The molecule has 0 saturated carbocycles. The molecule has 0 atom stereocenters. The van der Waals surface area contributed by atoms with Crippen molar-refractivity contribution < 1.29 is 27.4 Å². The Hall–Kier alpha value is -0.620. The number of ether oxygens (including phenoxy) is 2. The zero-order chi connectivity index (χ0) is 12.9. The van der Waals surface area contributed by atoms with Gasteiger partial charge in [-0.05, 0) is 6.92 Å². The SMILES string of the molecule is CCOC1(C(=O)CCC(F)(F)F)CCOCC1. The van der Waals surface area contributed by atoms with Gasteiger partial charge in [-0.15, -0.1) is 0 Å². The highest BCUT2D eigenvalue weighted by Crippen LogP contribution is 2.30. The normalized spacial score (nSPS) is 20.2. The molecule has 1 aliphatic rings. The van der Waals surface area contributed by atoms with Crippen LogP contribution in [0, 0.1) is 0 Å². The van der Waals surface area contributed by atoms with Crippen molar-refractivity contribution in [2.45, 2.75) is 44.4 Å². The van der Waals surface area contributed by atoms with Gasteiger partial charge in [-0.2, -0.15) is 13.2 Å². The lowest BCUT2D eigenvalue weighted by Crippen LogP contribution is -2.46. The molecule has 1 rings (SSSR count). The standard InChI is InChI=1S/C11H17F3O3/c1-2-17-10(5-7-16-8-6-10)9(15)3-4-11(12,13)14/h2-8H2,1H3. The van der Waals surface area contributed by atoms with E-state index < -0.39 is 30.4 Å². The maximum absolute atomic E-state index is 12.1. The molecule has 0 aromatic heterocycles. The van der Waals surface area contributed by atoms with Crippen LogP contribution >= 0.6 is 0 Å². The van der Waals surface area contributed by atoms with E-state index in [2.05, 4.69) is 0 Å². The minimum atomic E-state index is -4.30. The summed E-state index contributed by atoms with van der Waals surface area (Å²) in [7, 11) is 0. The van der Waals surface area contributed by atoms with Gasteiger partial charge in [0.1, 0.15) is 5.60 Å². The monoisotopic (exact) mass is 254 g/mol. The molecule has 1 fully saturated rings. The van der Waals surface area contributed by atoms with Crippen molar-refractivity contribution in [2.24, 2.45) is 0 Å². The Bertz CT molecular complexity index is 252. The van der Waals surface area contributed by atoms with Crippen molar-refractivity contribution >= 4 is 5.78 Å². The zero-order valence-electron chi connectivity index (χ0n) is 9.81. The lowest BCUT2D eigenvalue weighted by atomic mass is 9.87. The Morgan fingerprint density at radius 1 is 1.35 bits per heavy atom. The minimum Gasteiger partial charge on any atom is -0.381 e. The van der Waals surface area contributed by atoms with Gasteiger partial charge in [-0.25, -0.2) is 0 Å². The molecule has 6 heteroatoms. The molecule has 0 amide bonds. The van der Waals surface area contributed by atoms with Gasteiger partial charge in [0.25, 0.3) is 0 Å². The van der Waals surface area contributed by atoms with Gasteiger partial charge in [-0.3, -0.25) is 4.79 Å². The molecule has 1 saturated heterocycles. The fraction of sp³-hybridized carbons (Fsp3) is 0.909. The number of ketones is 1. The zero-order valence-corrected chi connectivity index (χ0v) is 9.81. The Balaban J connectivity index is 2.60. The molecule has 1 aliphatic heterocycles. The summed E-state index contributed by atoms with van der Waals surface area (Å²) in [4.78, 5) is 11.9. The Labute approximate surface area is 98.3 Å². The smallest absolute Gasteiger partial charge is 0.381 e. The van der Waals surface area contributed by atoms with E-state index in [1.165, 1.54) is 0 Å². The van der Waals surface area contributed by atoms with Crippen LogP contribution in [0.3, 0.4) is 0 Å². The van der Waals surface area contributed by atoms with Crippen LogP contribution in [-0.2, 0) is 14.3 Å². The Morgan fingerprint density at radius 3 is 2.41 bits per heavy atom. The first-order valence-corrected chi connectivity index (χ1v) is 5.71. The number of alkyl halides is 3. The van der Waals surface area contributed by atoms with Crippen molar-refractivity contribution in [3.05, 3.63) is 0 Å². The van der Waals surface area contributed by atoms with Crippen molar-refractivity contribution in [1.82, 2.24) is 0 Å². The maximum atomic E-state index is 12.1. The number of Topliss-reactive ketones (excluding diaryl/α,β-unsaturated/α-hetero) is 1. The average Bonchev–Trinajstić information content (AvgIpc) is 2.26. The van der Waals surface area contributed by atoms with Gasteiger partial charge in [0.05, 0.1) is 6.42 Å². The number of rotatable bonds is 5. The molecule has 17 heavy (non-hydrogen) atoms. The number of hydrogen-bond acceptors (Lipinski definition) is 3. The van der Waals surface area contributed by atoms with E-state index in [1.54, 1.807) is 6.92 Å². The summed E-state index contributed by atoms with van der Waals surface area (Å²) < 4.78 is 46.7. The van der Waals surface area contributed by atoms with Crippen LogP contribution in [-0.4, -0.2) is 37.4 Å². The molecule has 100 valence electrons. The second kappa shape index (κ2) is 5.82. The summed E-state index contributed by atoms with van der Waals surface area (Å²) in [5.74, 6) is -0.458. The van der Waals surface area contributed by atoms with E-state index in [0.717, 1.165) is 0 Å². The molecule has 0 radical (unpaired) electrons. The molecule has 0 aliphatic carbocycles. The quantitative estimate of drug-likeness (QED) is 0.756. The van der Waals surface area contributed by atoms with Gasteiger partial charge in [0.15, 0.2) is 5.78 Å². The molecule has 3 nitrogen and oxygen atoms in total. The van der Waals surface area contributed by atoms with Crippen molar-refractivity contribution in [3.8, 4) is 0 Å². The fourth-order valence-electron chi connectivity index (χ4n) is 1.96. The van der Waals surface area contributed by atoms with Crippen LogP contribution in [0.2, 0.25) is 0 Å². The second-order valence-electron chi connectivity index (χ2n) is 4.08. The van der Waals surface area contributed by atoms with Gasteiger partial charge >= 0.3 is 6.18 Å². The second-order valence-corrected chi connectivity index (χ2v) is 4.08. The third-order valence-corrected chi connectivity index (χ3v) is 2.86. The fourth-order valence-corrected chi connectivity index (χ4v) is 1.96. The van der Waals surface area contributed by atoms with Crippen molar-refractivity contribution in [3.63, 3.8) is 0 Å². The molecule has 0 bridgehead atoms. The minimum absolute atomic E-state index is 0.317. The van der Waals surface area contributed by atoms with Crippen LogP contribution < -0.4 is 0 Å². The van der Waals surface area contributed by atoms with E-state index in [9.17, 15) is 18.0 Å². The highest BCUT2D eigenvalue weighted by Gasteiger charge is 2.41. The molecular weight excluding hydrogens is 237 g/mol. The summed E-state index contributed by atoms with van der Waals surface area (Å²) in [5.41, 5.74) is -1.06. The Kier molecular flexibility index (Phi) is 4.94. The van der Waals surface area contributed by atoms with Crippen LogP contribution in [0.15, 0.2) is 0 Å². The molecular formula is C11H17F3O3. The lowest BCUT2D eigenvalue weighted by Gasteiger charge is -2.35. The third kappa shape index (κ3) is 4.27. The largest absolute Gasteiger partial charge is 0.389 e. The average molecular weight is 254 g/mol. The summed E-state index contributed by atoms with van der Waals surface area (Å²) >= 11 is 0. The molecule has 0 N–H and O–H groups in total. The summed E-state index contributed by atoms with van der Waals surface area (Å²) in [5, 5.41) is 0. The summed E-state index contributed by atoms with van der Waals surface area (Å²) in [6.07, 6.45) is -5.20. The third-order valence-electron chi connectivity index (χ3n) is 2.86. The summed E-state index contributed by atoms with van der Waals surface area (Å²) in [6, 6.07) is 0. The van der Waals surface area contributed by atoms with E-state index in [0.29, 0.717) is 32.7 Å². The first-order chi connectivity index (χ1) is 7.90. The number of hydrogen-bond donors (Lipinski definition) is 0. The van der Waals surface area contributed by atoms with Gasteiger partial charge in [-0.1, -0.05) is 0 Å². The molecule has 0 aromatic rings. The van der Waals surface area contributed by atoms with E-state index in [4.69, 9.17) is 9.47 Å². The first kappa shape index (κ1) is 14.4. The van der Waals surface area contributed by atoms with E-state index in [1.807, 2.05) is 0 Å². The predicted octanol–water partition coefficient (Wildman–Crippen LogP) is 2.48. The highest BCUT2D eigenvalue weighted by atomic mass is 19.4. The first-order valence-electron chi connectivity index (χ1n) is 5.71. The molecule has 1 heterocycles.